The van der Waals surface area contributed by atoms with Gasteiger partial charge in [-0.3, -0.25) is 25.2 Å². The van der Waals surface area contributed by atoms with Crippen molar-refractivity contribution in [3.05, 3.63) is 58.6 Å². The molecule has 2 aromatic carbocycles. The summed E-state index contributed by atoms with van der Waals surface area (Å²) >= 11 is 5.75. The van der Waals surface area contributed by atoms with Crippen molar-refractivity contribution in [2.45, 2.75) is 12.8 Å². The summed E-state index contributed by atoms with van der Waals surface area (Å²) in [7, 11) is 3.07. The molecule has 2 rings (SSSR count). The van der Waals surface area contributed by atoms with Gasteiger partial charge in [-0.2, -0.15) is 0 Å². The van der Waals surface area contributed by atoms with E-state index in [1.165, 1.54) is 26.4 Å². The zero-order valence-electron chi connectivity index (χ0n) is 16.0. The fraction of sp³-hybridized carbons (Fsp3) is 0.250. The molecule has 9 heteroatoms. The van der Waals surface area contributed by atoms with Crippen molar-refractivity contribution in [2.24, 2.45) is 0 Å². The van der Waals surface area contributed by atoms with E-state index in [2.05, 4.69) is 10.9 Å². The largest absolute Gasteiger partial charge is 0.493 e. The zero-order valence-corrected chi connectivity index (χ0v) is 16.7. The van der Waals surface area contributed by atoms with E-state index in [0.29, 0.717) is 28.5 Å². The van der Waals surface area contributed by atoms with Crippen molar-refractivity contribution in [1.82, 2.24) is 10.9 Å². The van der Waals surface area contributed by atoms with Crippen LogP contribution < -0.4 is 20.3 Å². The van der Waals surface area contributed by atoms with Crippen LogP contribution in [0.15, 0.2) is 42.5 Å². The third-order valence-corrected chi connectivity index (χ3v) is 4.10. The van der Waals surface area contributed by atoms with E-state index in [1.807, 2.05) is 6.07 Å². The molecule has 0 heterocycles. The van der Waals surface area contributed by atoms with Crippen molar-refractivity contribution >= 4 is 29.4 Å². The molecule has 2 aromatic rings. The summed E-state index contributed by atoms with van der Waals surface area (Å²) in [6.07, 6.45) is 0.494. The molecule has 0 spiro atoms. The highest BCUT2D eigenvalue weighted by Crippen LogP contribution is 2.27. The van der Waals surface area contributed by atoms with Gasteiger partial charge in [0.15, 0.2) is 18.1 Å². The van der Waals surface area contributed by atoms with Gasteiger partial charge in [-0.1, -0.05) is 17.7 Å². The lowest BCUT2D eigenvalue weighted by Gasteiger charge is -2.10. The number of rotatable bonds is 8. The van der Waals surface area contributed by atoms with Crippen molar-refractivity contribution in [2.75, 3.05) is 20.8 Å². The van der Waals surface area contributed by atoms with Crippen LogP contribution >= 0.6 is 11.6 Å². The highest BCUT2D eigenvalue weighted by Gasteiger charge is 2.11. The molecule has 0 saturated carbocycles. The SMILES string of the molecule is COc1ccc(CCC(=O)OCC(=O)NNC(=O)c2ccc(Cl)cc2)cc1OC. The molecule has 154 valence electrons. The van der Waals surface area contributed by atoms with Crippen LogP contribution in [0.5, 0.6) is 11.5 Å². The predicted octanol–water partition coefficient (Wildman–Crippen LogP) is 2.29. The van der Waals surface area contributed by atoms with Gasteiger partial charge in [-0.25, -0.2) is 0 Å². The molecule has 0 aliphatic carbocycles. The Labute approximate surface area is 173 Å². The Bertz CT molecular complexity index is 870. The van der Waals surface area contributed by atoms with Crippen LogP contribution in [0.4, 0.5) is 0 Å². The molecule has 0 radical (unpaired) electrons. The molecular formula is C20H21ClN2O6. The molecule has 29 heavy (non-hydrogen) atoms. The minimum atomic E-state index is -0.660. The van der Waals surface area contributed by atoms with Crippen LogP contribution in [0.3, 0.4) is 0 Å². The van der Waals surface area contributed by atoms with Crippen molar-refractivity contribution in [3.63, 3.8) is 0 Å². The second-order valence-corrected chi connectivity index (χ2v) is 6.30. The number of nitrogens with one attached hydrogen (secondary N) is 2. The number of hydrogen-bond donors (Lipinski definition) is 2. The van der Waals surface area contributed by atoms with Gasteiger partial charge in [-0.15, -0.1) is 0 Å². The van der Waals surface area contributed by atoms with Gasteiger partial charge in [0, 0.05) is 17.0 Å². The lowest BCUT2D eigenvalue weighted by molar-refractivity contribution is -0.148. The number of hydrogen-bond acceptors (Lipinski definition) is 6. The monoisotopic (exact) mass is 420 g/mol. The quantitative estimate of drug-likeness (QED) is 0.501. The van der Waals surface area contributed by atoms with Crippen LogP contribution in [-0.2, 0) is 20.7 Å². The fourth-order valence-electron chi connectivity index (χ4n) is 2.34. The third kappa shape index (κ3) is 7.00. The second kappa shape index (κ2) is 10.9. The van der Waals surface area contributed by atoms with E-state index < -0.39 is 24.4 Å². The average Bonchev–Trinajstić information content (AvgIpc) is 2.74. The lowest BCUT2D eigenvalue weighted by Crippen LogP contribution is -2.43. The standard InChI is InChI=1S/C20H21ClN2O6/c1-27-16-9-3-13(11-17(16)28-2)4-10-19(25)29-12-18(24)22-23-20(26)14-5-7-15(21)8-6-14/h3,5-9,11H,4,10,12H2,1-2H3,(H,22,24)(H,23,26). The van der Waals surface area contributed by atoms with Gasteiger partial charge in [0.1, 0.15) is 0 Å². The minimum Gasteiger partial charge on any atom is -0.493 e. The van der Waals surface area contributed by atoms with E-state index in [0.717, 1.165) is 5.56 Å². The minimum absolute atomic E-state index is 0.0832. The first kappa shape index (κ1) is 22.0. The van der Waals surface area contributed by atoms with Gasteiger partial charge < -0.3 is 14.2 Å². The molecule has 0 aromatic heterocycles. The Morgan fingerprint density at radius 1 is 0.931 bits per heavy atom. The number of benzene rings is 2. The van der Waals surface area contributed by atoms with Crippen molar-refractivity contribution in [3.8, 4) is 11.5 Å². The second-order valence-electron chi connectivity index (χ2n) is 5.86. The first-order chi connectivity index (χ1) is 13.9. The maximum absolute atomic E-state index is 11.9. The van der Waals surface area contributed by atoms with Crippen molar-refractivity contribution < 1.29 is 28.6 Å². The number of hydrazine groups is 1. The Balaban J connectivity index is 1.71. The average molecular weight is 421 g/mol. The molecule has 0 aliphatic heterocycles. The Kier molecular flexibility index (Phi) is 8.29. The number of amides is 2. The molecule has 0 saturated heterocycles. The van der Waals surface area contributed by atoms with Crippen LogP contribution in [-0.4, -0.2) is 38.6 Å². The van der Waals surface area contributed by atoms with E-state index in [9.17, 15) is 14.4 Å². The lowest BCUT2D eigenvalue weighted by atomic mass is 10.1. The summed E-state index contributed by atoms with van der Waals surface area (Å²) in [6.45, 7) is -0.508. The number of esters is 1. The van der Waals surface area contributed by atoms with Crippen molar-refractivity contribution in [1.29, 1.82) is 0 Å². The predicted molar refractivity (Wildman–Crippen MR) is 106 cm³/mol. The smallest absolute Gasteiger partial charge is 0.306 e. The number of aryl methyl sites for hydroxylation is 1. The molecule has 0 atom stereocenters. The normalized spacial score (nSPS) is 10.0. The highest BCUT2D eigenvalue weighted by molar-refractivity contribution is 6.30. The van der Waals surface area contributed by atoms with Gasteiger partial charge in [0.25, 0.3) is 11.8 Å². The van der Waals surface area contributed by atoms with E-state index in [1.54, 1.807) is 24.3 Å². The highest BCUT2D eigenvalue weighted by atomic mass is 35.5. The van der Waals surface area contributed by atoms with E-state index in [-0.39, 0.29) is 6.42 Å². The molecule has 8 nitrogen and oxygen atoms in total. The third-order valence-electron chi connectivity index (χ3n) is 3.85. The van der Waals surface area contributed by atoms with Crippen LogP contribution in [0.1, 0.15) is 22.3 Å². The maximum Gasteiger partial charge on any atom is 0.306 e. The Morgan fingerprint density at radius 3 is 2.28 bits per heavy atom. The molecule has 0 unspecified atom stereocenters. The van der Waals surface area contributed by atoms with Gasteiger partial charge in [0.2, 0.25) is 0 Å². The molecule has 2 N–H and O–H groups in total. The Hall–Kier alpha value is -3.26. The summed E-state index contributed by atoms with van der Waals surface area (Å²) in [6, 6.07) is 11.5. The maximum atomic E-state index is 11.9. The first-order valence-corrected chi connectivity index (χ1v) is 9.02. The number of halogens is 1. The summed E-state index contributed by atoms with van der Waals surface area (Å²) in [5.41, 5.74) is 5.58. The van der Waals surface area contributed by atoms with Gasteiger partial charge in [-0.05, 0) is 48.4 Å². The summed E-state index contributed by atoms with van der Waals surface area (Å²) in [5, 5.41) is 0.491. The summed E-state index contributed by atoms with van der Waals surface area (Å²) in [5.74, 6) is -0.564. The fourth-order valence-corrected chi connectivity index (χ4v) is 2.46. The van der Waals surface area contributed by atoms with Crippen LogP contribution in [0.25, 0.3) is 0 Å². The number of carbonyl (C=O) groups excluding carboxylic acids is 3. The van der Waals surface area contributed by atoms with Gasteiger partial charge in [0.05, 0.1) is 14.2 Å². The van der Waals surface area contributed by atoms with E-state index in [4.69, 9.17) is 25.8 Å². The van der Waals surface area contributed by atoms with Crippen LogP contribution in [0.2, 0.25) is 5.02 Å². The summed E-state index contributed by atoms with van der Waals surface area (Å²) < 4.78 is 15.3. The number of carbonyl (C=O) groups is 3. The summed E-state index contributed by atoms with van der Waals surface area (Å²) in [4.78, 5) is 35.4. The molecule has 0 aliphatic rings. The zero-order chi connectivity index (χ0) is 21.2. The molecule has 2 amide bonds. The molecule has 0 fully saturated rings. The molecule has 0 bridgehead atoms. The van der Waals surface area contributed by atoms with Crippen LogP contribution in [0, 0.1) is 0 Å². The first-order valence-electron chi connectivity index (χ1n) is 8.64. The molecular weight excluding hydrogens is 400 g/mol. The van der Waals surface area contributed by atoms with E-state index >= 15 is 0 Å². The number of ether oxygens (including phenoxy) is 3. The topological polar surface area (TPSA) is 103 Å². The van der Waals surface area contributed by atoms with Gasteiger partial charge >= 0.3 is 5.97 Å². The Morgan fingerprint density at radius 2 is 1.62 bits per heavy atom. The number of methoxy groups -OCH3 is 2.